The zero-order chi connectivity index (χ0) is 26.0. The molecule has 2 aromatic carbocycles. The molecule has 1 aliphatic rings. The number of methoxy groups -OCH3 is 2. The SMILES string of the molecule is COc1ccc(/C(O)=C2/C(=O)C(=O)N(c3cccc(OC(F)(F)F)c3)C2c2cccnc2)c(OC)c1. The van der Waals surface area contributed by atoms with Gasteiger partial charge in [-0.3, -0.25) is 19.5 Å². The molecule has 1 aromatic heterocycles. The molecule has 36 heavy (non-hydrogen) atoms. The van der Waals surface area contributed by atoms with Crippen molar-refractivity contribution in [3.8, 4) is 17.2 Å². The molecule has 1 fully saturated rings. The second kappa shape index (κ2) is 9.61. The first-order valence-corrected chi connectivity index (χ1v) is 10.4. The monoisotopic (exact) mass is 500 g/mol. The van der Waals surface area contributed by atoms with E-state index in [0.717, 1.165) is 17.0 Å². The zero-order valence-corrected chi connectivity index (χ0v) is 18.9. The van der Waals surface area contributed by atoms with E-state index in [1.54, 1.807) is 12.1 Å². The largest absolute Gasteiger partial charge is 0.573 e. The van der Waals surface area contributed by atoms with Gasteiger partial charge in [-0.1, -0.05) is 12.1 Å². The minimum atomic E-state index is -4.96. The molecule has 186 valence electrons. The van der Waals surface area contributed by atoms with Crippen LogP contribution in [0, 0.1) is 0 Å². The van der Waals surface area contributed by atoms with Crippen LogP contribution in [0.4, 0.5) is 18.9 Å². The minimum Gasteiger partial charge on any atom is -0.507 e. The zero-order valence-electron chi connectivity index (χ0n) is 18.9. The van der Waals surface area contributed by atoms with Crippen molar-refractivity contribution in [3.63, 3.8) is 0 Å². The van der Waals surface area contributed by atoms with Gasteiger partial charge in [-0.2, -0.15) is 0 Å². The Morgan fingerprint density at radius 2 is 1.78 bits per heavy atom. The van der Waals surface area contributed by atoms with Crippen molar-refractivity contribution in [2.45, 2.75) is 12.4 Å². The lowest BCUT2D eigenvalue weighted by Crippen LogP contribution is -2.29. The third kappa shape index (κ3) is 4.67. The van der Waals surface area contributed by atoms with Crippen molar-refractivity contribution >= 4 is 23.1 Å². The van der Waals surface area contributed by atoms with E-state index in [-0.39, 0.29) is 22.6 Å². The first kappa shape index (κ1) is 24.6. The van der Waals surface area contributed by atoms with E-state index in [0.29, 0.717) is 11.3 Å². The average Bonchev–Trinajstić information content (AvgIpc) is 3.13. The number of benzene rings is 2. The van der Waals surface area contributed by atoms with E-state index in [2.05, 4.69) is 9.72 Å². The fourth-order valence-corrected chi connectivity index (χ4v) is 3.92. The summed E-state index contributed by atoms with van der Waals surface area (Å²) < 4.78 is 52.8. The van der Waals surface area contributed by atoms with Crippen LogP contribution in [0.5, 0.6) is 17.2 Å². The maximum atomic E-state index is 13.2. The average molecular weight is 500 g/mol. The summed E-state index contributed by atoms with van der Waals surface area (Å²) >= 11 is 0. The number of halogens is 3. The highest BCUT2D eigenvalue weighted by molar-refractivity contribution is 6.51. The molecule has 0 bridgehead atoms. The molecule has 3 aromatic rings. The van der Waals surface area contributed by atoms with Gasteiger partial charge in [0.1, 0.15) is 23.0 Å². The van der Waals surface area contributed by atoms with E-state index < -0.39 is 35.6 Å². The Balaban J connectivity index is 1.91. The molecule has 2 heterocycles. The number of carbonyl (C=O) groups excluding carboxylic acids is 2. The highest BCUT2D eigenvalue weighted by Crippen LogP contribution is 2.44. The van der Waals surface area contributed by atoms with Gasteiger partial charge in [-0.15, -0.1) is 13.2 Å². The van der Waals surface area contributed by atoms with Crippen molar-refractivity contribution in [2.24, 2.45) is 0 Å². The molecule has 8 nitrogen and oxygen atoms in total. The summed E-state index contributed by atoms with van der Waals surface area (Å²) in [7, 11) is 2.80. The lowest BCUT2D eigenvalue weighted by Gasteiger charge is -2.25. The molecule has 0 spiro atoms. The third-order valence-corrected chi connectivity index (χ3v) is 5.44. The smallest absolute Gasteiger partial charge is 0.507 e. The fourth-order valence-electron chi connectivity index (χ4n) is 3.92. The Morgan fingerprint density at radius 1 is 1.00 bits per heavy atom. The number of pyridine rings is 1. The van der Waals surface area contributed by atoms with E-state index in [9.17, 15) is 27.9 Å². The Hall–Kier alpha value is -4.54. The van der Waals surface area contributed by atoms with Gasteiger partial charge in [0.05, 0.1) is 31.4 Å². The summed E-state index contributed by atoms with van der Waals surface area (Å²) in [5, 5.41) is 11.3. The third-order valence-electron chi connectivity index (χ3n) is 5.44. The van der Waals surface area contributed by atoms with E-state index in [1.807, 2.05) is 0 Å². The predicted molar refractivity (Wildman–Crippen MR) is 122 cm³/mol. The summed E-state index contributed by atoms with van der Waals surface area (Å²) in [6, 6.07) is 11.1. The van der Waals surface area contributed by atoms with Crippen molar-refractivity contribution in [1.29, 1.82) is 0 Å². The molecule has 11 heteroatoms. The second-order valence-corrected chi connectivity index (χ2v) is 7.57. The Bertz CT molecular complexity index is 1340. The summed E-state index contributed by atoms with van der Waals surface area (Å²) in [5.41, 5.74) is 0.110. The standard InChI is InChI=1S/C25H19F3N2O6/c1-34-16-8-9-18(19(12-16)35-2)22(31)20-21(14-5-4-10-29-13-14)30(24(33)23(20)32)15-6-3-7-17(11-15)36-25(26,27)28/h3-13,21,31H,1-2H3/b22-20-. The predicted octanol–water partition coefficient (Wildman–Crippen LogP) is 4.62. The summed E-state index contributed by atoms with van der Waals surface area (Å²) in [6.07, 6.45) is -2.10. The highest BCUT2D eigenvalue weighted by Gasteiger charge is 2.47. The molecule has 0 radical (unpaired) electrons. The van der Waals surface area contributed by atoms with Crippen LogP contribution in [0.2, 0.25) is 0 Å². The number of nitrogens with zero attached hydrogens (tertiary/aromatic N) is 2. The molecule has 0 aliphatic carbocycles. The summed E-state index contributed by atoms with van der Waals surface area (Å²) in [4.78, 5) is 31.4. The van der Waals surface area contributed by atoms with Gasteiger partial charge in [0, 0.05) is 30.2 Å². The molecule has 1 atom stereocenters. The molecule has 1 N–H and O–H groups in total. The van der Waals surface area contributed by atoms with Crippen molar-refractivity contribution in [2.75, 3.05) is 19.1 Å². The number of anilines is 1. The molecular weight excluding hydrogens is 481 g/mol. The van der Waals surface area contributed by atoms with Crippen LogP contribution >= 0.6 is 0 Å². The first-order valence-electron chi connectivity index (χ1n) is 10.4. The molecular formula is C25H19F3N2O6. The normalized spacial score (nSPS) is 17.2. The van der Waals surface area contributed by atoms with Gasteiger partial charge in [-0.25, -0.2) is 0 Å². The molecule has 0 saturated carbocycles. The molecule has 1 amide bonds. The van der Waals surface area contributed by atoms with E-state index >= 15 is 0 Å². The Labute approximate surface area is 203 Å². The minimum absolute atomic E-state index is 0.0477. The van der Waals surface area contributed by atoms with Crippen molar-refractivity contribution in [3.05, 3.63) is 83.7 Å². The highest BCUT2D eigenvalue weighted by atomic mass is 19.4. The van der Waals surface area contributed by atoms with Crippen LogP contribution in [0.1, 0.15) is 17.2 Å². The van der Waals surface area contributed by atoms with Gasteiger partial charge in [0.25, 0.3) is 11.7 Å². The Morgan fingerprint density at radius 3 is 2.42 bits per heavy atom. The number of alkyl halides is 3. The maximum absolute atomic E-state index is 13.2. The number of hydrogen-bond donors (Lipinski definition) is 1. The topological polar surface area (TPSA) is 98.2 Å². The number of Topliss-reactive ketones (excluding diaryl/α,β-unsaturated/α-hetero) is 1. The number of carbonyl (C=O) groups is 2. The first-order chi connectivity index (χ1) is 17.1. The van der Waals surface area contributed by atoms with Gasteiger partial charge in [0.2, 0.25) is 0 Å². The summed E-state index contributed by atoms with van der Waals surface area (Å²) in [6.45, 7) is 0. The van der Waals surface area contributed by atoms with Gasteiger partial charge in [0.15, 0.2) is 0 Å². The number of hydrogen-bond acceptors (Lipinski definition) is 7. The lowest BCUT2D eigenvalue weighted by atomic mass is 9.95. The second-order valence-electron chi connectivity index (χ2n) is 7.57. The quantitative estimate of drug-likeness (QED) is 0.300. The van der Waals surface area contributed by atoms with Crippen LogP contribution in [-0.4, -0.2) is 42.4 Å². The summed E-state index contributed by atoms with van der Waals surface area (Å²) in [5.74, 6) is -2.61. The number of rotatable bonds is 6. The lowest BCUT2D eigenvalue weighted by molar-refractivity contribution is -0.274. The molecule has 1 unspecified atom stereocenters. The number of aliphatic hydroxyl groups is 1. The van der Waals surface area contributed by atoms with Crippen LogP contribution in [0.25, 0.3) is 5.76 Å². The van der Waals surface area contributed by atoms with Gasteiger partial charge >= 0.3 is 6.36 Å². The number of ketones is 1. The number of aliphatic hydroxyl groups excluding tert-OH is 1. The van der Waals surface area contributed by atoms with E-state index in [1.165, 1.54) is 56.9 Å². The van der Waals surface area contributed by atoms with Crippen LogP contribution in [-0.2, 0) is 9.59 Å². The van der Waals surface area contributed by atoms with Crippen molar-refractivity contribution < 1.29 is 42.1 Å². The van der Waals surface area contributed by atoms with E-state index in [4.69, 9.17) is 9.47 Å². The molecule has 1 aliphatic heterocycles. The van der Waals surface area contributed by atoms with Crippen molar-refractivity contribution in [1.82, 2.24) is 4.98 Å². The van der Waals surface area contributed by atoms with Crippen LogP contribution in [0.3, 0.4) is 0 Å². The van der Waals surface area contributed by atoms with Gasteiger partial charge < -0.3 is 19.3 Å². The number of aromatic nitrogens is 1. The van der Waals surface area contributed by atoms with Gasteiger partial charge in [-0.05, 0) is 35.9 Å². The number of amides is 1. The van der Waals surface area contributed by atoms with Crippen LogP contribution < -0.4 is 19.1 Å². The fraction of sp³-hybridized carbons (Fsp3) is 0.160. The van der Waals surface area contributed by atoms with Crippen LogP contribution in [0.15, 0.2) is 72.6 Å². The Kier molecular flexibility index (Phi) is 6.56. The molecule has 1 saturated heterocycles. The molecule has 4 rings (SSSR count). The number of ether oxygens (including phenoxy) is 3. The maximum Gasteiger partial charge on any atom is 0.573 e.